The number of ketones is 1. The average molecular weight is 304 g/mol. The van der Waals surface area contributed by atoms with Crippen LogP contribution in [-0.4, -0.2) is 31.0 Å². The quantitative estimate of drug-likeness (QED) is 0.569. The summed E-state index contributed by atoms with van der Waals surface area (Å²) in [4.78, 5) is 12.5. The van der Waals surface area contributed by atoms with Crippen LogP contribution in [0.25, 0.3) is 0 Å². The third-order valence-electron chi connectivity index (χ3n) is 4.05. The Morgan fingerprint density at radius 2 is 2.23 bits per heavy atom. The minimum Gasteiger partial charge on any atom is -0.487 e. The first-order valence-corrected chi connectivity index (χ1v) is 8.44. The number of Topliss-reactive ketones (excluding diaryl/α,β-unsaturated/α-hetero) is 1. The van der Waals surface area contributed by atoms with Crippen molar-refractivity contribution in [2.24, 2.45) is 0 Å². The highest BCUT2D eigenvalue weighted by Gasteiger charge is 2.19. The molecule has 1 heterocycles. The van der Waals surface area contributed by atoms with Crippen molar-refractivity contribution in [3.05, 3.63) is 23.8 Å². The second-order valence-corrected chi connectivity index (χ2v) is 6.12. The summed E-state index contributed by atoms with van der Waals surface area (Å²) in [6, 6.07) is 5.50. The molecule has 4 nitrogen and oxygen atoms in total. The number of ether oxygens (including phenoxy) is 1. The number of carbonyl (C=O) groups is 1. The van der Waals surface area contributed by atoms with E-state index in [-0.39, 0.29) is 17.9 Å². The van der Waals surface area contributed by atoms with Gasteiger partial charge >= 0.3 is 0 Å². The number of unbranched alkanes of at least 4 members (excludes halogenated alkanes) is 3. The van der Waals surface area contributed by atoms with Crippen molar-refractivity contribution < 1.29 is 9.53 Å². The monoisotopic (exact) mass is 304 g/mol. The van der Waals surface area contributed by atoms with Crippen LogP contribution in [0.2, 0.25) is 0 Å². The first-order chi connectivity index (χ1) is 10.6. The molecule has 0 aliphatic carbocycles. The number of rotatable bonds is 8. The molecule has 0 amide bonds. The fourth-order valence-electron chi connectivity index (χ4n) is 2.65. The van der Waals surface area contributed by atoms with E-state index in [0.717, 1.165) is 36.5 Å². The summed E-state index contributed by atoms with van der Waals surface area (Å²) in [6.45, 7) is 7.84. The van der Waals surface area contributed by atoms with E-state index < -0.39 is 0 Å². The summed E-state index contributed by atoms with van der Waals surface area (Å²) >= 11 is 0. The second kappa shape index (κ2) is 8.18. The summed E-state index contributed by atoms with van der Waals surface area (Å²) < 4.78 is 5.74. The molecule has 2 rings (SSSR count). The molecule has 0 spiro atoms. The molecule has 122 valence electrons. The zero-order valence-corrected chi connectivity index (χ0v) is 13.9. The van der Waals surface area contributed by atoms with Crippen LogP contribution in [0.15, 0.2) is 18.2 Å². The van der Waals surface area contributed by atoms with Gasteiger partial charge in [-0.1, -0.05) is 26.2 Å². The van der Waals surface area contributed by atoms with Crippen LogP contribution in [0.3, 0.4) is 0 Å². The van der Waals surface area contributed by atoms with Gasteiger partial charge in [-0.3, -0.25) is 4.79 Å². The van der Waals surface area contributed by atoms with Gasteiger partial charge in [-0.25, -0.2) is 0 Å². The second-order valence-electron chi connectivity index (χ2n) is 6.12. The van der Waals surface area contributed by atoms with E-state index in [1.165, 1.54) is 19.3 Å². The Morgan fingerprint density at radius 1 is 1.41 bits per heavy atom. The van der Waals surface area contributed by atoms with Gasteiger partial charge in [-0.15, -0.1) is 0 Å². The number of anilines is 1. The number of nitrogens with one attached hydrogen (secondary N) is 2. The Kier molecular flexibility index (Phi) is 6.25. The first kappa shape index (κ1) is 16.8. The Labute approximate surface area is 133 Å². The Balaban J connectivity index is 1.89. The molecule has 0 bridgehead atoms. The van der Waals surface area contributed by atoms with Crippen LogP contribution >= 0.6 is 0 Å². The molecule has 0 fully saturated rings. The zero-order valence-electron chi connectivity index (χ0n) is 13.9. The highest BCUT2D eigenvalue weighted by molar-refractivity contribution is 6.01. The maximum atomic E-state index is 12.5. The van der Waals surface area contributed by atoms with Crippen molar-refractivity contribution in [1.82, 2.24) is 5.32 Å². The third kappa shape index (κ3) is 4.47. The lowest BCUT2D eigenvalue weighted by Crippen LogP contribution is -2.35. The molecule has 0 aromatic heterocycles. The van der Waals surface area contributed by atoms with E-state index in [9.17, 15) is 4.79 Å². The van der Waals surface area contributed by atoms with Gasteiger partial charge in [0.1, 0.15) is 11.9 Å². The minimum absolute atomic E-state index is 0.138. The van der Waals surface area contributed by atoms with Gasteiger partial charge in [0.2, 0.25) is 0 Å². The molecule has 1 aliphatic heterocycles. The minimum atomic E-state index is -0.150. The summed E-state index contributed by atoms with van der Waals surface area (Å²) in [6.07, 6.45) is 5.01. The lowest BCUT2D eigenvalue weighted by atomic mass is 10.0. The predicted octanol–water partition coefficient (Wildman–Crippen LogP) is 3.62. The summed E-state index contributed by atoms with van der Waals surface area (Å²) in [7, 11) is 0. The molecule has 2 unspecified atom stereocenters. The molecule has 1 aromatic carbocycles. The largest absolute Gasteiger partial charge is 0.487 e. The van der Waals surface area contributed by atoms with Crippen molar-refractivity contribution >= 4 is 11.5 Å². The van der Waals surface area contributed by atoms with Gasteiger partial charge in [-0.05, 0) is 45.0 Å². The van der Waals surface area contributed by atoms with E-state index in [2.05, 4.69) is 17.6 Å². The number of hydrogen-bond donors (Lipinski definition) is 2. The number of benzene rings is 1. The summed E-state index contributed by atoms with van der Waals surface area (Å²) in [5.74, 6) is 0.967. The first-order valence-electron chi connectivity index (χ1n) is 8.44. The van der Waals surface area contributed by atoms with E-state index >= 15 is 0 Å². The molecule has 2 atom stereocenters. The highest BCUT2D eigenvalue weighted by atomic mass is 16.5. The van der Waals surface area contributed by atoms with Crippen LogP contribution in [0.1, 0.15) is 56.8 Å². The van der Waals surface area contributed by atoms with Crippen LogP contribution in [0, 0.1) is 0 Å². The number of fused-ring (bicyclic) bond motifs is 1. The topological polar surface area (TPSA) is 50.4 Å². The fraction of sp³-hybridized carbons (Fsp3) is 0.611. The molecule has 2 N–H and O–H groups in total. The van der Waals surface area contributed by atoms with Gasteiger partial charge in [0.15, 0.2) is 5.78 Å². The summed E-state index contributed by atoms with van der Waals surface area (Å²) in [5, 5.41) is 6.64. The van der Waals surface area contributed by atoms with Gasteiger partial charge in [0.05, 0.1) is 18.3 Å². The van der Waals surface area contributed by atoms with E-state index in [0.29, 0.717) is 0 Å². The van der Waals surface area contributed by atoms with Crippen LogP contribution in [0.5, 0.6) is 5.75 Å². The van der Waals surface area contributed by atoms with Gasteiger partial charge in [0.25, 0.3) is 0 Å². The molecule has 0 saturated carbocycles. The van der Waals surface area contributed by atoms with Crippen LogP contribution in [0.4, 0.5) is 5.69 Å². The standard InChI is InChI=1S/C18H28N2O2/c1-4-5-6-7-10-19-14(3)18(21)15-8-9-17-16(11-15)20-12-13(2)22-17/h8-9,11,13-14,19-20H,4-7,10,12H2,1-3H3. The highest BCUT2D eigenvalue weighted by Crippen LogP contribution is 2.30. The lowest BCUT2D eigenvalue weighted by molar-refractivity contribution is 0.0951. The third-order valence-corrected chi connectivity index (χ3v) is 4.05. The molecule has 1 aromatic rings. The van der Waals surface area contributed by atoms with Gasteiger partial charge in [0, 0.05) is 5.56 Å². The Bertz CT molecular complexity index is 502. The zero-order chi connectivity index (χ0) is 15.9. The van der Waals surface area contributed by atoms with E-state index in [1.54, 1.807) is 0 Å². The molecule has 1 aliphatic rings. The lowest BCUT2D eigenvalue weighted by Gasteiger charge is -2.25. The Morgan fingerprint density at radius 3 is 3.00 bits per heavy atom. The van der Waals surface area contributed by atoms with Crippen LogP contribution in [-0.2, 0) is 0 Å². The van der Waals surface area contributed by atoms with Crippen molar-refractivity contribution in [1.29, 1.82) is 0 Å². The normalized spacial score (nSPS) is 18.0. The molecule has 0 radical (unpaired) electrons. The van der Waals surface area contributed by atoms with Gasteiger partial charge < -0.3 is 15.4 Å². The smallest absolute Gasteiger partial charge is 0.179 e. The number of carbonyl (C=O) groups excluding carboxylic acids is 1. The van der Waals surface area contributed by atoms with Crippen LogP contribution < -0.4 is 15.4 Å². The number of hydrogen-bond acceptors (Lipinski definition) is 4. The Hall–Kier alpha value is -1.55. The predicted molar refractivity (Wildman–Crippen MR) is 91.0 cm³/mol. The average Bonchev–Trinajstić information content (AvgIpc) is 2.53. The van der Waals surface area contributed by atoms with Crippen molar-refractivity contribution in [2.75, 3.05) is 18.4 Å². The summed E-state index contributed by atoms with van der Waals surface area (Å²) in [5.41, 5.74) is 1.65. The van der Waals surface area contributed by atoms with E-state index in [1.807, 2.05) is 32.0 Å². The maximum absolute atomic E-state index is 12.5. The maximum Gasteiger partial charge on any atom is 0.179 e. The molecule has 4 heteroatoms. The molecular weight excluding hydrogens is 276 g/mol. The molecule has 22 heavy (non-hydrogen) atoms. The molecule has 0 saturated heterocycles. The fourth-order valence-corrected chi connectivity index (χ4v) is 2.65. The van der Waals surface area contributed by atoms with Crippen molar-refractivity contribution in [3.8, 4) is 5.75 Å². The van der Waals surface area contributed by atoms with E-state index in [4.69, 9.17) is 4.74 Å². The van der Waals surface area contributed by atoms with Gasteiger partial charge in [-0.2, -0.15) is 0 Å². The van der Waals surface area contributed by atoms with Crippen molar-refractivity contribution in [2.45, 2.75) is 58.6 Å². The molecular formula is C18H28N2O2. The van der Waals surface area contributed by atoms with Crippen molar-refractivity contribution in [3.63, 3.8) is 0 Å². The SMILES string of the molecule is CCCCCCNC(C)C(=O)c1ccc2c(c1)NCC(C)O2.